The Kier molecular flexibility index (Phi) is 1.58. The molecule has 1 aromatic heterocycles. The molecule has 0 bridgehead atoms. The van der Waals surface area contributed by atoms with Crippen molar-refractivity contribution in [2.45, 2.75) is 12.3 Å². The summed E-state index contributed by atoms with van der Waals surface area (Å²) in [5, 5.41) is 8.80. The summed E-state index contributed by atoms with van der Waals surface area (Å²) in [6.07, 6.45) is 6.27. The van der Waals surface area contributed by atoms with E-state index in [1.807, 2.05) is 12.4 Å². The highest BCUT2D eigenvalue weighted by Crippen LogP contribution is 2.46. The summed E-state index contributed by atoms with van der Waals surface area (Å²) < 4.78 is 0. The van der Waals surface area contributed by atoms with Gasteiger partial charge in [0.25, 0.3) is 0 Å². The molecule has 2 atom stereocenters. The second kappa shape index (κ2) is 2.58. The van der Waals surface area contributed by atoms with Gasteiger partial charge in [-0.3, -0.25) is 0 Å². The molecule has 3 heteroatoms. The summed E-state index contributed by atoms with van der Waals surface area (Å²) >= 11 is 0. The standard InChI is InChI=1S/C8H10N2O/c11-4-6-1-8(6)7-2-9-5-10-3-7/h2-3,5-6,8,11H,1,4H2/t6-,8-/m0/s1. The number of aliphatic hydroxyl groups is 1. The summed E-state index contributed by atoms with van der Waals surface area (Å²) in [5.41, 5.74) is 1.16. The number of rotatable bonds is 2. The van der Waals surface area contributed by atoms with Crippen molar-refractivity contribution in [3.63, 3.8) is 0 Å². The van der Waals surface area contributed by atoms with E-state index in [4.69, 9.17) is 5.11 Å². The average Bonchev–Trinajstić information content (AvgIpc) is 2.85. The smallest absolute Gasteiger partial charge is 0.115 e. The third kappa shape index (κ3) is 1.24. The summed E-state index contributed by atoms with van der Waals surface area (Å²) in [6.45, 7) is 0.291. The van der Waals surface area contributed by atoms with Gasteiger partial charge in [0.2, 0.25) is 0 Å². The fourth-order valence-corrected chi connectivity index (χ4v) is 1.36. The van der Waals surface area contributed by atoms with Gasteiger partial charge in [-0.2, -0.15) is 0 Å². The summed E-state index contributed by atoms with van der Waals surface area (Å²) in [7, 11) is 0. The molecule has 1 saturated carbocycles. The molecule has 0 aliphatic heterocycles. The van der Waals surface area contributed by atoms with Crippen LogP contribution in [0.3, 0.4) is 0 Å². The maximum atomic E-state index is 8.80. The van der Waals surface area contributed by atoms with Gasteiger partial charge in [0.05, 0.1) is 0 Å². The maximum absolute atomic E-state index is 8.80. The first-order chi connectivity index (χ1) is 5.42. The lowest BCUT2D eigenvalue weighted by molar-refractivity contribution is 0.274. The van der Waals surface area contributed by atoms with Crippen LogP contribution in [-0.4, -0.2) is 21.7 Å². The summed E-state index contributed by atoms with van der Waals surface area (Å²) in [6, 6.07) is 0. The Balaban J connectivity index is 2.09. The van der Waals surface area contributed by atoms with Crippen LogP contribution in [0, 0.1) is 5.92 Å². The van der Waals surface area contributed by atoms with E-state index in [2.05, 4.69) is 9.97 Å². The highest BCUT2D eigenvalue weighted by molar-refractivity contribution is 5.19. The van der Waals surface area contributed by atoms with Gasteiger partial charge in [-0.05, 0) is 23.8 Å². The molecule has 0 amide bonds. The maximum Gasteiger partial charge on any atom is 0.115 e. The van der Waals surface area contributed by atoms with Crippen molar-refractivity contribution in [2.24, 2.45) is 5.92 Å². The van der Waals surface area contributed by atoms with Gasteiger partial charge in [0, 0.05) is 19.0 Å². The van der Waals surface area contributed by atoms with Crippen molar-refractivity contribution in [3.8, 4) is 0 Å². The molecule has 0 spiro atoms. The highest BCUT2D eigenvalue weighted by atomic mass is 16.3. The van der Waals surface area contributed by atoms with Gasteiger partial charge in [-0.1, -0.05) is 0 Å². The Morgan fingerprint density at radius 1 is 1.45 bits per heavy atom. The second-order valence-corrected chi connectivity index (χ2v) is 2.96. The number of nitrogens with zero attached hydrogens (tertiary/aromatic N) is 2. The van der Waals surface area contributed by atoms with E-state index in [1.165, 1.54) is 6.33 Å². The van der Waals surface area contributed by atoms with Crippen LogP contribution in [0.1, 0.15) is 17.9 Å². The minimum atomic E-state index is 0.291. The first kappa shape index (κ1) is 6.73. The normalized spacial score (nSPS) is 28.5. The van der Waals surface area contributed by atoms with Crippen LogP contribution in [0.25, 0.3) is 0 Å². The van der Waals surface area contributed by atoms with Crippen LogP contribution in [0.15, 0.2) is 18.7 Å². The van der Waals surface area contributed by atoms with Crippen LogP contribution in [-0.2, 0) is 0 Å². The van der Waals surface area contributed by atoms with Crippen LogP contribution in [0.5, 0.6) is 0 Å². The molecule has 0 saturated heterocycles. The molecule has 1 aliphatic carbocycles. The topological polar surface area (TPSA) is 46.0 Å². The molecule has 0 radical (unpaired) electrons. The van der Waals surface area contributed by atoms with Crippen molar-refractivity contribution in [1.82, 2.24) is 9.97 Å². The van der Waals surface area contributed by atoms with E-state index in [0.717, 1.165) is 12.0 Å². The summed E-state index contributed by atoms with van der Waals surface area (Å²) in [5.74, 6) is 0.974. The van der Waals surface area contributed by atoms with Crippen molar-refractivity contribution in [2.75, 3.05) is 6.61 Å². The van der Waals surface area contributed by atoms with Gasteiger partial charge in [-0.25, -0.2) is 9.97 Å². The Morgan fingerprint density at radius 3 is 2.73 bits per heavy atom. The Bertz CT molecular complexity index is 237. The first-order valence-corrected chi connectivity index (χ1v) is 3.77. The zero-order chi connectivity index (χ0) is 7.68. The first-order valence-electron chi connectivity index (χ1n) is 3.77. The van der Waals surface area contributed by atoms with E-state index in [-0.39, 0.29) is 0 Å². The lowest BCUT2D eigenvalue weighted by atomic mass is 10.2. The molecule has 1 N–H and O–H groups in total. The van der Waals surface area contributed by atoms with Crippen molar-refractivity contribution in [1.29, 1.82) is 0 Å². The molecule has 58 valence electrons. The quantitative estimate of drug-likeness (QED) is 0.670. The molecule has 1 fully saturated rings. The third-order valence-corrected chi connectivity index (χ3v) is 2.17. The molecule has 3 nitrogen and oxygen atoms in total. The Morgan fingerprint density at radius 2 is 2.18 bits per heavy atom. The monoisotopic (exact) mass is 150 g/mol. The number of aromatic nitrogens is 2. The van der Waals surface area contributed by atoms with Gasteiger partial charge < -0.3 is 5.11 Å². The molecular weight excluding hydrogens is 140 g/mol. The molecular formula is C8H10N2O. The van der Waals surface area contributed by atoms with Crippen LogP contribution >= 0.6 is 0 Å². The van der Waals surface area contributed by atoms with Crippen LogP contribution in [0.4, 0.5) is 0 Å². The molecule has 0 unspecified atom stereocenters. The SMILES string of the molecule is OC[C@@H]1C[C@@H]1c1cncnc1. The van der Waals surface area contributed by atoms with E-state index in [1.54, 1.807) is 0 Å². The minimum absolute atomic E-state index is 0.291. The van der Waals surface area contributed by atoms with E-state index in [0.29, 0.717) is 18.4 Å². The fraction of sp³-hybridized carbons (Fsp3) is 0.500. The van der Waals surface area contributed by atoms with Crippen molar-refractivity contribution >= 4 is 0 Å². The summed E-state index contributed by atoms with van der Waals surface area (Å²) in [4.78, 5) is 7.84. The third-order valence-electron chi connectivity index (χ3n) is 2.17. The van der Waals surface area contributed by atoms with Crippen LogP contribution < -0.4 is 0 Å². The predicted octanol–water partition coefficient (Wildman–Crippen LogP) is 0.572. The Labute approximate surface area is 65.1 Å². The van der Waals surface area contributed by atoms with Gasteiger partial charge in [0.1, 0.15) is 6.33 Å². The zero-order valence-electron chi connectivity index (χ0n) is 6.14. The zero-order valence-corrected chi connectivity index (χ0v) is 6.14. The minimum Gasteiger partial charge on any atom is -0.396 e. The van der Waals surface area contributed by atoms with Gasteiger partial charge in [-0.15, -0.1) is 0 Å². The lowest BCUT2D eigenvalue weighted by Crippen LogP contribution is -1.89. The molecule has 1 heterocycles. The fourth-order valence-electron chi connectivity index (χ4n) is 1.36. The van der Waals surface area contributed by atoms with E-state index in [9.17, 15) is 0 Å². The van der Waals surface area contributed by atoms with E-state index < -0.39 is 0 Å². The van der Waals surface area contributed by atoms with Crippen molar-refractivity contribution < 1.29 is 5.11 Å². The largest absolute Gasteiger partial charge is 0.396 e. The average molecular weight is 150 g/mol. The second-order valence-electron chi connectivity index (χ2n) is 2.96. The lowest BCUT2D eigenvalue weighted by Gasteiger charge is -1.94. The van der Waals surface area contributed by atoms with Gasteiger partial charge in [0.15, 0.2) is 0 Å². The molecule has 1 aliphatic rings. The van der Waals surface area contributed by atoms with Crippen molar-refractivity contribution in [3.05, 3.63) is 24.3 Å². The molecule has 0 aromatic carbocycles. The van der Waals surface area contributed by atoms with E-state index >= 15 is 0 Å². The molecule has 2 rings (SSSR count). The Hall–Kier alpha value is -0.960. The highest BCUT2D eigenvalue weighted by Gasteiger charge is 2.37. The molecule has 1 aromatic rings. The molecule has 11 heavy (non-hydrogen) atoms. The van der Waals surface area contributed by atoms with Crippen LogP contribution in [0.2, 0.25) is 0 Å². The number of hydrogen-bond donors (Lipinski definition) is 1. The van der Waals surface area contributed by atoms with Gasteiger partial charge >= 0.3 is 0 Å². The number of hydrogen-bond acceptors (Lipinski definition) is 3. The number of aliphatic hydroxyl groups excluding tert-OH is 1. The predicted molar refractivity (Wildman–Crippen MR) is 40.0 cm³/mol.